The first-order valence-corrected chi connectivity index (χ1v) is 5.76. The van der Waals surface area contributed by atoms with Crippen molar-refractivity contribution in [2.45, 2.75) is 19.1 Å². The smallest absolute Gasteiger partial charge is 0.232 e. The molecule has 0 radical (unpaired) electrons. The highest BCUT2D eigenvalue weighted by atomic mass is 32.2. The van der Waals surface area contributed by atoms with Crippen LogP contribution in [0.5, 0.6) is 0 Å². The van der Waals surface area contributed by atoms with Crippen molar-refractivity contribution in [3.8, 4) is 6.07 Å². The van der Waals surface area contributed by atoms with Gasteiger partial charge in [0.2, 0.25) is 0 Å². The van der Waals surface area contributed by atoms with E-state index < -0.39 is 17.1 Å². The number of thiol groups is 1. The van der Waals surface area contributed by atoms with Gasteiger partial charge in [-0.25, -0.2) is 17.2 Å². The molecule has 0 N–H and O–H groups in total. The molecule has 0 unspecified atom stereocenters. The molecule has 86 valence electrons. The van der Waals surface area contributed by atoms with Gasteiger partial charge in [0.25, 0.3) is 6.43 Å². The molecule has 0 spiro atoms. The monoisotopic (exact) mass is 245 g/mol. The molecule has 1 rings (SSSR count). The topological polar surface area (TPSA) is 57.9 Å². The van der Waals surface area contributed by atoms with E-state index in [-0.39, 0.29) is 22.4 Å². The molecule has 0 aliphatic carbocycles. The summed E-state index contributed by atoms with van der Waals surface area (Å²) in [6.07, 6.45) is -2.78. The number of benzene rings is 1. The minimum atomic E-state index is -2.78. The van der Waals surface area contributed by atoms with Crippen molar-refractivity contribution in [3.63, 3.8) is 0 Å². The van der Waals surface area contributed by atoms with Crippen LogP contribution in [0.15, 0.2) is 12.1 Å². The summed E-state index contributed by atoms with van der Waals surface area (Å²) in [6.45, 7) is 1.40. The third-order valence-corrected chi connectivity index (χ3v) is 2.86. The van der Waals surface area contributed by atoms with E-state index in [1.54, 1.807) is 6.07 Å². The zero-order chi connectivity index (χ0) is 12.3. The quantitative estimate of drug-likeness (QED) is 0.827. The van der Waals surface area contributed by atoms with Crippen molar-refractivity contribution >= 4 is 10.7 Å². The SMILES string of the molecule is Cc1c(C[SH](=O)=O)ccc(C#N)c1C(F)F. The van der Waals surface area contributed by atoms with Crippen molar-refractivity contribution in [2.75, 3.05) is 0 Å². The van der Waals surface area contributed by atoms with Crippen molar-refractivity contribution in [3.05, 3.63) is 34.4 Å². The number of halogens is 2. The lowest BCUT2D eigenvalue weighted by Gasteiger charge is -2.10. The van der Waals surface area contributed by atoms with Crippen LogP contribution in [-0.4, -0.2) is 8.42 Å². The van der Waals surface area contributed by atoms with Gasteiger partial charge in [-0.2, -0.15) is 5.26 Å². The van der Waals surface area contributed by atoms with Gasteiger partial charge in [-0.1, -0.05) is 6.07 Å². The van der Waals surface area contributed by atoms with Crippen LogP contribution in [0, 0.1) is 18.3 Å². The molecule has 6 heteroatoms. The second-order valence-electron chi connectivity index (χ2n) is 3.21. The minimum absolute atomic E-state index is 0.114. The molecule has 0 aliphatic heterocycles. The summed E-state index contributed by atoms with van der Waals surface area (Å²) in [5.41, 5.74) is -0.00659. The summed E-state index contributed by atoms with van der Waals surface area (Å²) in [4.78, 5) is 0. The molecule has 0 saturated carbocycles. The fourth-order valence-electron chi connectivity index (χ4n) is 1.46. The Labute approximate surface area is 93.3 Å². The minimum Gasteiger partial charge on any atom is -0.232 e. The van der Waals surface area contributed by atoms with E-state index in [4.69, 9.17) is 5.26 Å². The molecular weight excluding hydrogens is 236 g/mol. The van der Waals surface area contributed by atoms with Crippen molar-refractivity contribution in [1.82, 2.24) is 0 Å². The molecular formula is C10H9F2NO2S. The highest BCUT2D eigenvalue weighted by Crippen LogP contribution is 2.28. The molecule has 0 bridgehead atoms. The standard InChI is InChI=1S/C10H9F2NO2S/c1-6-8(5-16(14)15)3-2-7(4-13)9(6)10(11)12/h2-3,10,16H,5H2,1H3. The van der Waals surface area contributed by atoms with Crippen LogP contribution in [0.3, 0.4) is 0 Å². The van der Waals surface area contributed by atoms with E-state index in [0.717, 1.165) is 0 Å². The van der Waals surface area contributed by atoms with Crippen molar-refractivity contribution in [1.29, 1.82) is 5.26 Å². The molecule has 0 aromatic heterocycles. The van der Waals surface area contributed by atoms with E-state index in [1.165, 1.54) is 19.1 Å². The van der Waals surface area contributed by atoms with Crippen LogP contribution in [0.4, 0.5) is 8.78 Å². The van der Waals surface area contributed by atoms with Gasteiger partial charge in [0.1, 0.15) is 10.7 Å². The number of nitrogens with zero attached hydrogens (tertiary/aromatic N) is 1. The third-order valence-electron chi connectivity index (χ3n) is 2.27. The van der Waals surface area contributed by atoms with Gasteiger partial charge >= 0.3 is 0 Å². The largest absolute Gasteiger partial charge is 0.265 e. The summed E-state index contributed by atoms with van der Waals surface area (Å²) >= 11 is 0. The highest BCUT2D eigenvalue weighted by molar-refractivity contribution is 7.71. The zero-order valence-electron chi connectivity index (χ0n) is 8.41. The molecule has 1 aromatic rings. The number of rotatable bonds is 3. The molecule has 1 aromatic carbocycles. The Bertz CT molecular complexity index is 510. The van der Waals surface area contributed by atoms with Crippen LogP contribution in [0.2, 0.25) is 0 Å². The Morgan fingerprint density at radius 3 is 2.50 bits per heavy atom. The van der Waals surface area contributed by atoms with Crippen molar-refractivity contribution in [2.24, 2.45) is 0 Å². The third kappa shape index (κ3) is 2.55. The van der Waals surface area contributed by atoms with E-state index in [1.807, 2.05) is 0 Å². The summed E-state index contributed by atoms with van der Waals surface area (Å²) < 4.78 is 46.5. The van der Waals surface area contributed by atoms with Gasteiger partial charge < -0.3 is 0 Å². The van der Waals surface area contributed by atoms with Gasteiger partial charge in [-0.15, -0.1) is 0 Å². The second-order valence-corrected chi connectivity index (χ2v) is 4.20. The maximum Gasteiger partial charge on any atom is 0.265 e. The van der Waals surface area contributed by atoms with Crippen LogP contribution < -0.4 is 0 Å². The number of alkyl halides is 2. The summed E-state index contributed by atoms with van der Waals surface area (Å²) in [5, 5.41) is 8.66. The number of hydrogen-bond donors (Lipinski definition) is 1. The van der Waals surface area contributed by atoms with Gasteiger partial charge in [0.05, 0.1) is 17.4 Å². The summed E-state index contributed by atoms with van der Waals surface area (Å²) in [6, 6.07) is 4.29. The molecule has 0 fully saturated rings. The van der Waals surface area contributed by atoms with Gasteiger partial charge in [-0.3, -0.25) is 0 Å². The van der Waals surface area contributed by atoms with Crippen LogP contribution in [-0.2, 0) is 16.5 Å². The van der Waals surface area contributed by atoms with Gasteiger partial charge in [-0.05, 0) is 24.1 Å². The summed E-state index contributed by atoms with van der Waals surface area (Å²) in [5.74, 6) is -0.285. The first-order chi connectivity index (χ1) is 7.47. The fraction of sp³-hybridized carbons (Fsp3) is 0.300. The Morgan fingerprint density at radius 1 is 1.44 bits per heavy atom. The van der Waals surface area contributed by atoms with Crippen molar-refractivity contribution < 1.29 is 17.2 Å². The Hall–Kier alpha value is -1.48. The normalized spacial score (nSPS) is 10.8. The molecule has 16 heavy (non-hydrogen) atoms. The van der Waals surface area contributed by atoms with E-state index >= 15 is 0 Å². The molecule has 0 amide bonds. The van der Waals surface area contributed by atoms with Crippen LogP contribution in [0.1, 0.15) is 28.7 Å². The van der Waals surface area contributed by atoms with E-state index in [9.17, 15) is 17.2 Å². The number of hydrogen-bond acceptors (Lipinski definition) is 3. The summed E-state index contributed by atoms with van der Waals surface area (Å²) in [7, 11) is -2.67. The van der Waals surface area contributed by atoms with E-state index in [2.05, 4.69) is 0 Å². The fourth-order valence-corrected chi connectivity index (χ4v) is 2.08. The van der Waals surface area contributed by atoms with Crippen LogP contribution >= 0.6 is 0 Å². The highest BCUT2D eigenvalue weighted by Gasteiger charge is 2.18. The average Bonchev–Trinajstić information content (AvgIpc) is 2.19. The average molecular weight is 245 g/mol. The zero-order valence-corrected chi connectivity index (χ0v) is 9.30. The first kappa shape index (κ1) is 12.6. The maximum absolute atomic E-state index is 12.7. The van der Waals surface area contributed by atoms with Crippen LogP contribution in [0.25, 0.3) is 0 Å². The van der Waals surface area contributed by atoms with Gasteiger partial charge in [0.15, 0.2) is 0 Å². The molecule has 3 nitrogen and oxygen atoms in total. The predicted molar refractivity (Wildman–Crippen MR) is 54.9 cm³/mol. The Kier molecular flexibility index (Phi) is 3.96. The molecule has 0 heterocycles. The first-order valence-electron chi connectivity index (χ1n) is 4.39. The molecule has 0 atom stereocenters. The Morgan fingerprint density at radius 2 is 2.06 bits per heavy atom. The molecule has 0 saturated heterocycles. The second kappa shape index (κ2) is 5.03. The lowest BCUT2D eigenvalue weighted by atomic mass is 9.98. The predicted octanol–water partition coefficient (Wildman–Crippen LogP) is 1.92. The lowest BCUT2D eigenvalue weighted by Crippen LogP contribution is -2.00. The maximum atomic E-state index is 12.7. The van der Waals surface area contributed by atoms with Gasteiger partial charge in [0, 0.05) is 5.56 Å². The lowest BCUT2D eigenvalue weighted by molar-refractivity contribution is 0.150. The van der Waals surface area contributed by atoms with E-state index in [0.29, 0.717) is 5.56 Å². The number of nitriles is 1. The Balaban J connectivity index is 3.38. The molecule has 0 aliphatic rings.